The predicted octanol–water partition coefficient (Wildman–Crippen LogP) is 8.79. The van der Waals surface area contributed by atoms with Crippen LogP contribution >= 0.6 is 10.3 Å². The van der Waals surface area contributed by atoms with Crippen molar-refractivity contribution in [2.24, 2.45) is 16.7 Å². The van der Waals surface area contributed by atoms with Gasteiger partial charge in [-0.05, 0) is 170 Å². The van der Waals surface area contributed by atoms with Gasteiger partial charge in [0, 0.05) is 21.1 Å². The zero-order valence-corrected chi connectivity index (χ0v) is 38.7. The third-order valence-electron chi connectivity index (χ3n) is 10.6. The Morgan fingerprint density at radius 3 is 1.18 bits per heavy atom. The number of rotatable bonds is 16. The first kappa shape index (κ1) is 47.4. The molecule has 0 N–H and O–H groups in total. The molecule has 2 unspecified atom stereocenters. The molecule has 2 aliphatic rings. The molecule has 2 bridgehead atoms. The summed E-state index contributed by atoms with van der Waals surface area (Å²) < 4.78 is 69.8. The minimum Gasteiger partial charge on any atom is -0.482 e. The Morgan fingerprint density at radius 1 is 0.590 bits per heavy atom. The second kappa shape index (κ2) is 17.6. The van der Waals surface area contributed by atoms with Crippen molar-refractivity contribution in [3.05, 3.63) is 72.8 Å². The maximum absolute atomic E-state index is 14.8. The zero-order chi connectivity index (χ0) is 45.2. The Hall–Kier alpha value is -4.60. The Morgan fingerprint density at radius 2 is 0.918 bits per heavy atom. The van der Waals surface area contributed by atoms with Crippen LogP contribution in [0, 0.1) is 16.7 Å². The SMILES string of the molecule is CC(C)(C)OC(=O)COc1ccc(S(OS(=O)(=O)CC23CCC(CC2=O)C3(C)C)(c2ccc(OCC(=O)OC(C)(C)C)cc2)c2ccc(OCC(=O)OC(C)(C)C)cc2)cc1. The second-order valence-electron chi connectivity index (χ2n) is 19.0. The summed E-state index contributed by atoms with van der Waals surface area (Å²) in [7, 11) is -7.79. The highest BCUT2D eigenvalue weighted by atomic mass is 32.3. The van der Waals surface area contributed by atoms with Gasteiger partial charge < -0.3 is 28.4 Å². The predicted molar refractivity (Wildman–Crippen MR) is 229 cm³/mol. The van der Waals surface area contributed by atoms with Crippen molar-refractivity contribution >= 4 is 44.1 Å². The molecule has 0 aromatic heterocycles. The summed E-state index contributed by atoms with van der Waals surface area (Å²) >= 11 is 0. The number of esters is 3. The second-order valence-corrected chi connectivity index (χ2v) is 23.5. The van der Waals surface area contributed by atoms with Crippen molar-refractivity contribution in [2.45, 2.75) is 127 Å². The van der Waals surface area contributed by atoms with Gasteiger partial charge in [-0.1, -0.05) is 13.8 Å². The molecule has 2 saturated carbocycles. The summed E-state index contributed by atoms with van der Waals surface area (Å²) in [6, 6.07) is 19.7. The number of hydrogen-bond acceptors (Lipinski definition) is 13. The van der Waals surface area contributed by atoms with Gasteiger partial charge in [-0.2, -0.15) is 8.42 Å². The molecule has 0 spiro atoms. The van der Waals surface area contributed by atoms with Gasteiger partial charge in [-0.15, -0.1) is 0 Å². The van der Waals surface area contributed by atoms with Crippen LogP contribution in [0.3, 0.4) is 0 Å². The normalized spacial score (nSPS) is 19.2. The zero-order valence-electron chi connectivity index (χ0n) is 37.1. The van der Waals surface area contributed by atoms with Gasteiger partial charge in [-0.25, -0.2) is 18.0 Å². The molecule has 5 rings (SSSR count). The van der Waals surface area contributed by atoms with Crippen LogP contribution in [-0.4, -0.2) is 74.5 Å². The number of carbonyl (C=O) groups excluding carboxylic acids is 4. The molecule has 0 aliphatic heterocycles. The van der Waals surface area contributed by atoms with E-state index in [0.29, 0.717) is 44.8 Å². The number of hydrogen-bond donors (Lipinski definition) is 0. The molecular formula is C46H60O13S2. The third-order valence-corrected chi connectivity index (χ3v) is 15.9. The number of ketones is 1. The molecule has 0 saturated heterocycles. The molecule has 0 heterocycles. The lowest BCUT2D eigenvalue weighted by Crippen LogP contribution is -2.42. The lowest BCUT2D eigenvalue weighted by molar-refractivity contribution is -0.158. The average Bonchev–Trinajstić information content (AvgIpc) is 3.47. The molecule has 61 heavy (non-hydrogen) atoms. The Balaban J connectivity index is 1.60. The van der Waals surface area contributed by atoms with Crippen molar-refractivity contribution in [3.63, 3.8) is 0 Å². The van der Waals surface area contributed by atoms with E-state index in [0.717, 1.165) is 6.42 Å². The number of benzene rings is 3. The molecular weight excluding hydrogens is 825 g/mol. The van der Waals surface area contributed by atoms with E-state index in [2.05, 4.69) is 0 Å². The van der Waals surface area contributed by atoms with E-state index in [9.17, 15) is 27.6 Å². The fourth-order valence-electron chi connectivity index (χ4n) is 7.84. The van der Waals surface area contributed by atoms with E-state index in [1.54, 1.807) is 135 Å². The molecule has 2 aliphatic carbocycles. The summed E-state index contributed by atoms with van der Waals surface area (Å²) in [5, 5.41) is 0. The Bertz CT molecular complexity index is 1990. The fourth-order valence-corrected chi connectivity index (χ4v) is 13.9. The van der Waals surface area contributed by atoms with Crippen molar-refractivity contribution in [1.82, 2.24) is 0 Å². The summed E-state index contributed by atoms with van der Waals surface area (Å²) in [5.74, 6) is -1.26. The van der Waals surface area contributed by atoms with Crippen molar-refractivity contribution in [2.75, 3.05) is 25.6 Å². The Kier molecular flexibility index (Phi) is 13.7. The molecule has 334 valence electrons. The number of Topliss-reactive ketones (excluding diaryl/α,β-unsaturated/α-hetero) is 1. The van der Waals surface area contributed by atoms with Crippen molar-refractivity contribution in [1.29, 1.82) is 0 Å². The van der Waals surface area contributed by atoms with Gasteiger partial charge in [0.1, 0.15) is 39.8 Å². The first-order chi connectivity index (χ1) is 28.1. The van der Waals surface area contributed by atoms with Crippen molar-refractivity contribution < 1.29 is 59.6 Å². The molecule has 0 radical (unpaired) electrons. The molecule has 3 aromatic rings. The molecule has 15 heteroatoms. The van der Waals surface area contributed by atoms with Gasteiger partial charge in [-0.3, -0.25) is 4.79 Å². The van der Waals surface area contributed by atoms with Crippen LogP contribution in [0.5, 0.6) is 17.2 Å². The van der Waals surface area contributed by atoms with E-state index in [1.165, 1.54) is 0 Å². The molecule has 0 amide bonds. The topological polar surface area (TPSA) is 167 Å². The van der Waals surface area contributed by atoms with Gasteiger partial charge >= 0.3 is 17.9 Å². The van der Waals surface area contributed by atoms with Crippen LogP contribution in [-0.2, 0) is 47.1 Å². The number of ether oxygens (including phenoxy) is 6. The van der Waals surface area contributed by atoms with E-state index < -0.39 is 71.7 Å². The van der Waals surface area contributed by atoms with Gasteiger partial charge in [0.2, 0.25) is 0 Å². The van der Waals surface area contributed by atoms with Crippen LogP contribution in [0.2, 0.25) is 0 Å². The van der Waals surface area contributed by atoms with Crippen LogP contribution in [0.1, 0.15) is 95.4 Å². The van der Waals surface area contributed by atoms with Crippen LogP contribution in [0.15, 0.2) is 87.5 Å². The van der Waals surface area contributed by atoms with E-state index in [-0.39, 0.29) is 31.5 Å². The summed E-state index contributed by atoms with van der Waals surface area (Å²) in [6.07, 6.45) is 1.50. The summed E-state index contributed by atoms with van der Waals surface area (Å²) in [4.78, 5) is 52.4. The molecule has 13 nitrogen and oxygen atoms in total. The van der Waals surface area contributed by atoms with Crippen LogP contribution in [0.4, 0.5) is 0 Å². The average molecular weight is 885 g/mol. The lowest BCUT2D eigenvalue weighted by atomic mass is 9.70. The van der Waals surface area contributed by atoms with E-state index in [4.69, 9.17) is 32.1 Å². The van der Waals surface area contributed by atoms with Gasteiger partial charge in [0.05, 0.1) is 11.2 Å². The molecule has 2 atom stereocenters. The first-order valence-electron chi connectivity index (χ1n) is 20.3. The summed E-state index contributed by atoms with van der Waals surface area (Å²) in [5.41, 5.74) is -3.81. The standard InChI is InChI=1S/C46H60O13S2/c1-42(2,3)56-39(48)27-53-32-12-18-35(19-13-32)61(36-20-14-33(15-21-36)54-28-40(49)57-43(4,5)6,37-22-16-34(17-23-37)55-29-41(50)58-44(7,8)9)59-60(51,52)30-46-25-24-31(26-38(46)47)45(46,10)11/h12-23,31H,24-30H2,1-11H3. The number of carbonyl (C=O) groups is 4. The maximum atomic E-state index is 14.8. The summed E-state index contributed by atoms with van der Waals surface area (Å²) in [6.45, 7) is 18.6. The fraction of sp³-hybridized carbons (Fsp3) is 0.522. The monoisotopic (exact) mass is 884 g/mol. The van der Waals surface area contributed by atoms with Crippen molar-refractivity contribution in [3.8, 4) is 17.2 Å². The first-order valence-corrected chi connectivity index (χ1v) is 23.4. The van der Waals surface area contributed by atoms with Crippen LogP contribution in [0.25, 0.3) is 0 Å². The molecule has 3 aromatic carbocycles. The number of fused-ring (bicyclic) bond motifs is 2. The molecule has 2 fully saturated rings. The van der Waals surface area contributed by atoms with E-state index >= 15 is 0 Å². The highest BCUT2D eigenvalue weighted by Crippen LogP contribution is 2.71. The van der Waals surface area contributed by atoms with Crippen LogP contribution < -0.4 is 14.2 Å². The lowest BCUT2D eigenvalue weighted by Gasteiger charge is -2.41. The minimum atomic E-state index is -4.52. The highest BCUT2D eigenvalue weighted by molar-refractivity contribution is 8.33. The quantitative estimate of drug-likeness (QED) is 0.0990. The smallest absolute Gasteiger partial charge is 0.344 e. The van der Waals surface area contributed by atoms with Gasteiger partial charge in [0.25, 0.3) is 10.1 Å². The maximum Gasteiger partial charge on any atom is 0.344 e. The Labute approximate surface area is 361 Å². The van der Waals surface area contributed by atoms with Gasteiger partial charge in [0.15, 0.2) is 19.8 Å². The third kappa shape index (κ3) is 11.7. The minimum absolute atomic E-state index is 0.0713. The highest BCUT2D eigenvalue weighted by Gasteiger charge is 2.66. The largest absolute Gasteiger partial charge is 0.482 e. The van der Waals surface area contributed by atoms with E-state index in [1.807, 2.05) is 13.8 Å².